The average molecular weight is 98.1 g/mol. The molecule has 7 heavy (non-hydrogen) atoms. The van der Waals surface area contributed by atoms with Crippen LogP contribution in [0.5, 0.6) is 0 Å². The Morgan fingerprint density at radius 1 is 2.00 bits per heavy atom. The highest BCUT2D eigenvalue weighted by Gasteiger charge is 1.89. The number of nitriles is 1. The van der Waals surface area contributed by atoms with Gasteiger partial charge in [0.2, 0.25) is 6.41 Å². The van der Waals surface area contributed by atoms with Crippen LogP contribution in [0.15, 0.2) is 0 Å². The van der Waals surface area contributed by atoms with Gasteiger partial charge in [0, 0.05) is 0 Å². The minimum Gasteiger partial charge on any atom is -0.343 e. The monoisotopic (exact) mass is 98.0 g/mol. The lowest BCUT2D eigenvalue weighted by Crippen LogP contribution is -2.21. The van der Waals surface area contributed by atoms with Crippen LogP contribution in [0.4, 0.5) is 0 Å². The highest BCUT2D eigenvalue weighted by atomic mass is 16.1. The van der Waals surface area contributed by atoms with Gasteiger partial charge < -0.3 is 5.32 Å². The van der Waals surface area contributed by atoms with Crippen molar-refractivity contribution in [2.45, 2.75) is 13.0 Å². The smallest absolute Gasteiger partial charge is 0.208 e. The van der Waals surface area contributed by atoms with E-state index in [0.717, 1.165) is 0 Å². The fourth-order valence-electron chi connectivity index (χ4n) is 0.139. The van der Waals surface area contributed by atoms with Crippen LogP contribution in [0.3, 0.4) is 0 Å². The number of carbonyl (C=O) groups excluding carboxylic acids is 1. The molecule has 0 bridgehead atoms. The van der Waals surface area contributed by atoms with E-state index in [2.05, 4.69) is 5.32 Å². The quantitative estimate of drug-likeness (QED) is 0.480. The fraction of sp³-hybridized carbons (Fsp3) is 0.500. The van der Waals surface area contributed by atoms with Gasteiger partial charge in [0.15, 0.2) is 0 Å². The van der Waals surface area contributed by atoms with Gasteiger partial charge in [-0.2, -0.15) is 5.26 Å². The minimum atomic E-state index is -0.363. The Hall–Kier alpha value is -1.04. The van der Waals surface area contributed by atoms with Gasteiger partial charge in [0.1, 0.15) is 6.04 Å². The molecule has 0 aromatic carbocycles. The van der Waals surface area contributed by atoms with Crippen molar-refractivity contribution >= 4 is 6.41 Å². The van der Waals surface area contributed by atoms with E-state index < -0.39 is 0 Å². The van der Waals surface area contributed by atoms with E-state index >= 15 is 0 Å². The van der Waals surface area contributed by atoms with Crippen LogP contribution in [-0.4, -0.2) is 12.5 Å². The summed E-state index contributed by atoms with van der Waals surface area (Å²) in [5, 5.41) is 10.2. The summed E-state index contributed by atoms with van der Waals surface area (Å²) in [5.74, 6) is 0. The summed E-state index contributed by atoms with van der Waals surface area (Å²) in [5.41, 5.74) is 0. The summed E-state index contributed by atoms with van der Waals surface area (Å²) >= 11 is 0. The number of nitrogens with zero attached hydrogens (tertiary/aromatic N) is 1. The number of amides is 1. The summed E-state index contributed by atoms with van der Waals surface area (Å²) < 4.78 is 0. The highest BCUT2D eigenvalue weighted by Crippen LogP contribution is 1.68. The largest absolute Gasteiger partial charge is 0.343 e. The lowest BCUT2D eigenvalue weighted by Gasteiger charge is -1.93. The molecule has 3 heteroatoms. The molecule has 0 aliphatic heterocycles. The molecule has 1 amide bonds. The van der Waals surface area contributed by atoms with Gasteiger partial charge in [0.25, 0.3) is 0 Å². The van der Waals surface area contributed by atoms with Crippen LogP contribution >= 0.6 is 0 Å². The van der Waals surface area contributed by atoms with E-state index in [4.69, 9.17) is 5.26 Å². The van der Waals surface area contributed by atoms with Gasteiger partial charge in [-0.1, -0.05) is 0 Å². The minimum absolute atomic E-state index is 0.363. The molecule has 0 saturated carbocycles. The highest BCUT2D eigenvalue weighted by molar-refractivity contribution is 5.47. The molecular weight excluding hydrogens is 92.1 g/mol. The van der Waals surface area contributed by atoms with Crippen molar-refractivity contribution in [3.05, 3.63) is 0 Å². The Labute approximate surface area is 41.9 Å². The number of carbonyl (C=O) groups is 1. The molecule has 0 rings (SSSR count). The van der Waals surface area contributed by atoms with E-state index in [1.54, 1.807) is 6.92 Å². The molecule has 0 heterocycles. The predicted molar refractivity (Wildman–Crippen MR) is 24.3 cm³/mol. The molecule has 1 unspecified atom stereocenters. The first-order valence-corrected chi connectivity index (χ1v) is 1.90. The zero-order chi connectivity index (χ0) is 5.70. The molecule has 0 radical (unpaired) electrons. The molecule has 0 aliphatic rings. The number of rotatable bonds is 2. The van der Waals surface area contributed by atoms with E-state index in [9.17, 15) is 4.79 Å². The van der Waals surface area contributed by atoms with Gasteiger partial charge in [-0.25, -0.2) is 0 Å². The first-order valence-electron chi connectivity index (χ1n) is 1.90. The number of nitrogens with one attached hydrogen (secondary N) is 1. The second-order valence-electron chi connectivity index (χ2n) is 1.14. The van der Waals surface area contributed by atoms with E-state index in [1.165, 1.54) is 0 Å². The van der Waals surface area contributed by atoms with Crippen LogP contribution in [0.1, 0.15) is 6.92 Å². The molecule has 1 atom stereocenters. The molecule has 38 valence electrons. The molecular formula is C4H6N2O. The van der Waals surface area contributed by atoms with Crippen molar-refractivity contribution in [1.82, 2.24) is 5.32 Å². The normalized spacial score (nSPS) is 11.4. The molecule has 0 aromatic rings. The van der Waals surface area contributed by atoms with Gasteiger partial charge >= 0.3 is 0 Å². The third kappa shape index (κ3) is 2.77. The predicted octanol–water partition coefficient (Wildman–Crippen LogP) is -0.356. The molecule has 0 spiro atoms. The van der Waals surface area contributed by atoms with Crippen LogP contribution in [0.25, 0.3) is 0 Å². The third-order valence-corrected chi connectivity index (χ3v) is 0.512. The van der Waals surface area contributed by atoms with Gasteiger partial charge in [-0.15, -0.1) is 0 Å². The van der Waals surface area contributed by atoms with E-state index in [-0.39, 0.29) is 6.04 Å². The lowest BCUT2D eigenvalue weighted by atomic mass is 10.4. The summed E-state index contributed by atoms with van der Waals surface area (Å²) in [6, 6.07) is 1.46. The Morgan fingerprint density at radius 3 is 2.71 bits per heavy atom. The Bertz CT molecular complexity index is 94.4. The van der Waals surface area contributed by atoms with Crippen molar-refractivity contribution in [2.24, 2.45) is 0 Å². The van der Waals surface area contributed by atoms with E-state index in [0.29, 0.717) is 6.41 Å². The lowest BCUT2D eigenvalue weighted by molar-refractivity contribution is -0.109. The Morgan fingerprint density at radius 2 is 2.57 bits per heavy atom. The van der Waals surface area contributed by atoms with Gasteiger partial charge in [-0.05, 0) is 6.92 Å². The molecule has 0 saturated heterocycles. The zero-order valence-corrected chi connectivity index (χ0v) is 4.01. The fourth-order valence-corrected chi connectivity index (χ4v) is 0.139. The van der Waals surface area contributed by atoms with Crippen LogP contribution in [-0.2, 0) is 4.79 Å². The maximum absolute atomic E-state index is 9.51. The van der Waals surface area contributed by atoms with Gasteiger partial charge in [-0.3, -0.25) is 4.79 Å². The third-order valence-electron chi connectivity index (χ3n) is 0.512. The molecule has 3 nitrogen and oxygen atoms in total. The molecule has 1 N–H and O–H groups in total. The summed E-state index contributed by atoms with van der Waals surface area (Å²) in [7, 11) is 0. The second-order valence-corrected chi connectivity index (χ2v) is 1.14. The van der Waals surface area contributed by atoms with Crippen LogP contribution in [0, 0.1) is 11.3 Å². The maximum atomic E-state index is 9.51. The summed E-state index contributed by atoms with van der Waals surface area (Å²) in [4.78, 5) is 9.51. The topological polar surface area (TPSA) is 52.9 Å². The van der Waals surface area contributed by atoms with Crippen LogP contribution < -0.4 is 5.32 Å². The number of hydrogen-bond donors (Lipinski definition) is 1. The molecule has 0 aliphatic carbocycles. The Balaban J connectivity index is 3.21. The number of hydrogen-bond acceptors (Lipinski definition) is 2. The van der Waals surface area contributed by atoms with Crippen molar-refractivity contribution in [3.8, 4) is 6.07 Å². The first kappa shape index (κ1) is 5.96. The first-order chi connectivity index (χ1) is 3.31. The van der Waals surface area contributed by atoms with Crippen molar-refractivity contribution < 1.29 is 4.79 Å². The molecule has 0 fully saturated rings. The summed E-state index contributed by atoms with van der Waals surface area (Å²) in [6.45, 7) is 1.61. The van der Waals surface area contributed by atoms with Crippen molar-refractivity contribution in [1.29, 1.82) is 5.26 Å². The second kappa shape index (κ2) is 3.16. The zero-order valence-electron chi connectivity index (χ0n) is 4.01. The maximum Gasteiger partial charge on any atom is 0.208 e. The Kier molecular flexibility index (Phi) is 2.69. The van der Waals surface area contributed by atoms with E-state index in [1.807, 2.05) is 6.07 Å². The summed E-state index contributed by atoms with van der Waals surface area (Å²) in [6.07, 6.45) is 0.508. The average Bonchev–Trinajstić information content (AvgIpc) is 1.68. The van der Waals surface area contributed by atoms with Crippen molar-refractivity contribution in [3.63, 3.8) is 0 Å². The van der Waals surface area contributed by atoms with Crippen LogP contribution in [0.2, 0.25) is 0 Å². The molecule has 0 aromatic heterocycles. The van der Waals surface area contributed by atoms with Gasteiger partial charge in [0.05, 0.1) is 6.07 Å². The SMILES string of the molecule is CC(C#N)NC=O. The van der Waals surface area contributed by atoms with Crippen molar-refractivity contribution in [2.75, 3.05) is 0 Å². The standard InChI is InChI=1S/C4H6N2O/c1-4(2-5)6-3-7/h3-4H,1H3,(H,6,7).